The molecule has 2 rings (SSSR count). The van der Waals surface area contributed by atoms with Crippen molar-refractivity contribution in [3.05, 3.63) is 29.6 Å². The summed E-state index contributed by atoms with van der Waals surface area (Å²) < 4.78 is 18.2. The van der Waals surface area contributed by atoms with Crippen molar-refractivity contribution in [1.82, 2.24) is 5.32 Å². The SMILES string of the molecule is COc1ccc(F)cc1CNCC1(C#N)CC1. The Morgan fingerprint density at radius 2 is 2.29 bits per heavy atom. The number of ether oxygens (including phenoxy) is 1. The van der Waals surface area contributed by atoms with E-state index < -0.39 is 0 Å². The fourth-order valence-electron chi connectivity index (χ4n) is 1.80. The standard InChI is InChI=1S/C13H15FN2O/c1-17-12-3-2-11(14)6-10(12)7-16-9-13(8-15)4-5-13/h2-3,6,16H,4-5,7,9H2,1H3. The first-order valence-electron chi connectivity index (χ1n) is 5.63. The maximum absolute atomic E-state index is 13.1. The first kappa shape index (κ1) is 11.9. The number of hydrogen-bond donors (Lipinski definition) is 1. The van der Waals surface area contributed by atoms with Crippen molar-refractivity contribution in [2.24, 2.45) is 5.41 Å². The van der Waals surface area contributed by atoms with Crippen LogP contribution in [0.4, 0.5) is 4.39 Å². The average Bonchev–Trinajstić information content (AvgIpc) is 3.10. The summed E-state index contributed by atoms with van der Waals surface area (Å²) in [6.45, 7) is 1.17. The molecule has 1 aliphatic rings. The van der Waals surface area contributed by atoms with Crippen LogP contribution in [-0.4, -0.2) is 13.7 Å². The summed E-state index contributed by atoms with van der Waals surface area (Å²) in [4.78, 5) is 0. The highest BCUT2D eigenvalue weighted by Crippen LogP contribution is 2.44. The molecule has 1 saturated carbocycles. The van der Waals surface area contributed by atoms with Crippen LogP contribution in [0.2, 0.25) is 0 Å². The lowest BCUT2D eigenvalue weighted by molar-refractivity contribution is 0.405. The fraction of sp³-hybridized carbons (Fsp3) is 0.462. The van der Waals surface area contributed by atoms with Gasteiger partial charge in [0, 0.05) is 18.7 Å². The molecule has 0 spiro atoms. The van der Waals surface area contributed by atoms with Gasteiger partial charge in [-0.3, -0.25) is 0 Å². The van der Waals surface area contributed by atoms with E-state index in [4.69, 9.17) is 10.00 Å². The third-order valence-electron chi connectivity index (χ3n) is 3.11. The Morgan fingerprint density at radius 1 is 1.53 bits per heavy atom. The van der Waals surface area contributed by atoms with E-state index in [0.29, 0.717) is 18.8 Å². The molecule has 1 N–H and O–H groups in total. The minimum Gasteiger partial charge on any atom is -0.496 e. The molecule has 0 unspecified atom stereocenters. The predicted molar refractivity (Wildman–Crippen MR) is 61.9 cm³/mol. The van der Waals surface area contributed by atoms with Crippen LogP contribution in [-0.2, 0) is 6.54 Å². The minimum atomic E-state index is -0.274. The van der Waals surface area contributed by atoms with E-state index in [-0.39, 0.29) is 11.2 Å². The third-order valence-corrected chi connectivity index (χ3v) is 3.11. The van der Waals surface area contributed by atoms with Crippen molar-refractivity contribution in [2.45, 2.75) is 19.4 Å². The molecule has 1 aromatic carbocycles. The molecule has 0 amide bonds. The molecule has 4 heteroatoms. The van der Waals surface area contributed by atoms with Crippen LogP contribution in [0.25, 0.3) is 0 Å². The molecule has 0 heterocycles. The van der Waals surface area contributed by atoms with Gasteiger partial charge in [-0.2, -0.15) is 5.26 Å². The predicted octanol–water partition coefficient (Wildman–Crippen LogP) is 2.23. The summed E-state index contributed by atoms with van der Waals surface area (Å²) in [6.07, 6.45) is 1.91. The molecule has 3 nitrogen and oxygen atoms in total. The monoisotopic (exact) mass is 234 g/mol. The molecule has 0 bridgehead atoms. The normalized spacial score (nSPS) is 16.3. The number of nitrogens with zero attached hydrogens (tertiary/aromatic N) is 1. The Bertz CT molecular complexity index is 449. The van der Waals surface area contributed by atoms with Gasteiger partial charge in [0.2, 0.25) is 0 Å². The molecular weight excluding hydrogens is 219 g/mol. The molecule has 0 atom stereocenters. The van der Waals surface area contributed by atoms with E-state index in [1.807, 2.05) is 0 Å². The number of halogens is 1. The number of nitrogens with one attached hydrogen (secondary N) is 1. The highest BCUT2D eigenvalue weighted by molar-refractivity contribution is 5.33. The van der Waals surface area contributed by atoms with Gasteiger partial charge in [-0.25, -0.2) is 4.39 Å². The maximum atomic E-state index is 13.1. The topological polar surface area (TPSA) is 45.0 Å². The van der Waals surface area contributed by atoms with E-state index in [1.165, 1.54) is 12.1 Å². The first-order chi connectivity index (χ1) is 8.19. The van der Waals surface area contributed by atoms with Crippen molar-refractivity contribution in [1.29, 1.82) is 5.26 Å². The number of benzene rings is 1. The van der Waals surface area contributed by atoms with Gasteiger partial charge in [0.25, 0.3) is 0 Å². The molecule has 1 aromatic rings. The Labute approximate surface area is 100 Å². The average molecular weight is 234 g/mol. The van der Waals surface area contributed by atoms with Gasteiger partial charge in [0.1, 0.15) is 11.6 Å². The summed E-state index contributed by atoms with van der Waals surface area (Å²) in [5, 5.41) is 12.1. The summed E-state index contributed by atoms with van der Waals surface area (Å²) in [7, 11) is 1.56. The third kappa shape index (κ3) is 2.75. The molecule has 0 radical (unpaired) electrons. The fourth-order valence-corrected chi connectivity index (χ4v) is 1.80. The number of hydrogen-bond acceptors (Lipinski definition) is 3. The summed E-state index contributed by atoms with van der Waals surface area (Å²) in [5.74, 6) is 0.393. The van der Waals surface area contributed by atoms with Crippen molar-refractivity contribution in [3.8, 4) is 11.8 Å². The van der Waals surface area contributed by atoms with Crippen LogP contribution in [0, 0.1) is 22.6 Å². The van der Waals surface area contributed by atoms with Gasteiger partial charge in [-0.1, -0.05) is 0 Å². The molecular formula is C13H15FN2O. The Balaban J connectivity index is 1.94. The summed E-state index contributed by atoms with van der Waals surface area (Å²) in [6, 6.07) is 6.76. The zero-order chi connectivity index (χ0) is 12.3. The summed E-state index contributed by atoms with van der Waals surface area (Å²) >= 11 is 0. The van der Waals surface area contributed by atoms with Gasteiger partial charge < -0.3 is 10.1 Å². The van der Waals surface area contributed by atoms with E-state index in [9.17, 15) is 4.39 Å². The lowest BCUT2D eigenvalue weighted by Gasteiger charge is -2.11. The van der Waals surface area contributed by atoms with Gasteiger partial charge in [-0.05, 0) is 31.0 Å². The van der Waals surface area contributed by atoms with Crippen LogP contribution in [0.1, 0.15) is 18.4 Å². The van der Waals surface area contributed by atoms with Gasteiger partial charge in [0.15, 0.2) is 0 Å². The Hall–Kier alpha value is -1.60. The first-order valence-corrected chi connectivity index (χ1v) is 5.63. The quantitative estimate of drug-likeness (QED) is 0.849. The van der Waals surface area contributed by atoms with E-state index in [2.05, 4.69) is 11.4 Å². The van der Waals surface area contributed by atoms with Crippen LogP contribution in [0.3, 0.4) is 0 Å². The zero-order valence-electron chi connectivity index (χ0n) is 9.79. The second kappa shape index (κ2) is 4.72. The second-order valence-corrected chi connectivity index (χ2v) is 4.45. The van der Waals surface area contributed by atoms with Gasteiger partial charge >= 0.3 is 0 Å². The lowest BCUT2D eigenvalue weighted by Crippen LogP contribution is -2.22. The molecule has 17 heavy (non-hydrogen) atoms. The molecule has 0 saturated heterocycles. The smallest absolute Gasteiger partial charge is 0.123 e. The highest BCUT2D eigenvalue weighted by Gasteiger charge is 2.42. The zero-order valence-corrected chi connectivity index (χ0v) is 9.79. The molecule has 1 fully saturated rings. The minimum absolute atomic E-state index is 0.180. The Kier molecular flexibility index (Phi) is 3.30. The molecule has 0 aliphatic heterocycles. The maximum Gasteiger partial charge on any atom is 0.123 e. The van der Waals surface area contributed by atoms with Crippen molar-refractivity contribution >= 4 is 0 Å². The highest BCUT2D eigenvalue weighted by atomic mass is 19.1. The van der Waals surface area contributed by atoms with Crippen LogP contribution in [0.15, 0.2) is 18.2 Å². The van der Waals surface area contributed by atoms with E-state index in [1.54, 1.807) is 13.2 Å². The molecule has 1 aliphatic carbocycles. The summed E-state index contributed by atoms with van der Waals surface area (Å²) in [5.41, 5.74) is 0.599. The number of methoxy groups -OCH3 is 1. The van der Waals surface area contributed by atoms with Crippen molar-refractivity contribution in [3.63, 3.8) is 0 Å². The lowest BCUT2D eigenvalue weighted by atomic mass is 10.1. The van der Waals surface area contributed by atoms with Crippen LogP contribution < -0.4 is 10.1 Å². The van der Waals surface area contributed by atoms with E-state index in [0.717, 1.165) is 18.4 Å². The molecule has 0 aromatic heterocycles. The number of nitriles is 1. The van der Waals surface area contributed by atoms with Crippen molar-refractivity contribution < 1.29 is 9.13 Å². The van der Waals surface area contributed by atoms with Crippen LogP contribution >= 0.6 is 0 Å². The second-order valence-electron chi connectivity index (χ2n) is 4.45. The largest absolute Gasteiger partial charge is 0.496 e. The number of rotatable bonds is 5. The van der Waals surface area contributed by atoms with E-state index >= 15 is 0 Å². The van der Waals surface area contributed by atoms with Crippen LogP contribution in [0.5, 0.6) is 5.75 Å². The van der Waals surface area contributed by atoms with Gasteiger partial charge in [0.05, 0.1) is 18.6 Å². The van der Waals surface area contributed by atoms with Gasteiger partial charge in [-0.15, -0.1) is 0 Å². The Morgan fingerprint density at radius 3 is 2.88 bits per heavy atom. The van der Waals surface area contributed by atoms with Crippen molar-refractivity contribution in [2.75, 3.05) is 13.7 Å². The molecule has 90 valence electrons.